The first-order valence-corrected chi connectivity index (χ1v) is 28.6. The van der Waals surface area contributed by atoms with E-state index in [0.29, 0.717) is 0 Å². The topological polar surface area (TPSA) is 0 Å². The standard InChI is InChI=1S/3C5H6S.C4H3BrS.C4H3S.3C2H6.3CH3.Sn/c3*1-5-3-2-4-6-5;5-4-2-1-3-6-4;1-2-4-5-3-1;3*1-2;;;;/h3*2-4H,1H3;1-3H;1-3H;3*1-2H3;3*1H3;. The Hall–Kier alpha value is -0.221. The summed E-state index contributed by atoms with van der Waals surface area (Å²) in [5.74, 6) is 0. The molecule has 0 N–H and O–H groups in total. The van der Waals surface area contributed by atoms with Crippen molar-refractivity contribution >= 4 is 93.9 Å². The molecule has 0 aliphatic heterocycles. The molecular formula is C32H51BrS5Sn. The van der Waals surface area contributed by atoms with Gasteiger partial charge in [-0.25, -0.2) is 0 Å². The van der Waals surface area contributed by atoms with Crippen LogP contribution in [0.5, 0.6) is 0 Å². The van der Waals surface area contributed by atoms with Crippen molar-refractivity contribution in [2.45, 2.75) is 77.1 Å². The Labute approximate surface area is 274 Å². The molecule has 0 fully saturated rings. The first-order valence-electron chi connectivity index (χ1n) is 13.4. The molecule has 5 rings (SSSR count). The molecule has 5 aromatic rings. The Kier molecular flexibility index (Phi) is 34.1. The van der Waals surface area contributed by atoms with E-state index in [2.05, 4.69) is 122 Å². The van der Waals surface area contributed by atoms with Crippen molar-refractivity contribution in [2.75, 3.05) is 0 Å². The van der Waals surface area contributed by atoms with Gasteiger partial charge in [0.1, 0.15) is 0 Å². The van der Waals surface area contributed by atoms with Crippen LogP contribution in [0.4, 0.5) is 0 Å². The van der Waals surface area contributed by atoms with Crippen LogP contribution in [-0.4, -0.2) is 18.4 Å². The molecule has 5 aromatic heterocycles. The minimum atomic E-state index is -1.63. The van der Waals surface area contributed by atoms with Crippen LogP contribution in [0, 0.1) is 20.8 Å². The summed E-state index contributed by atoms with van der Waals surface area (Å²) in [5.41, 5.74) is 0. The Morgan fingerprint density at radius 1 is 0.462 bits per heavy atom. The van der Waals surface area contributed by atoms with E-state index in [4.69, 9.17) is 0 Å². The zero-order valence-corrected chi connectivity index (χ0v) is 34.6. The number of rotatable bonds is 1. The third-order valence-corrected chi connectivity index (χ3v) is 18.1. The monoisotopic (exact) mass is 794 g/mol. The fraction of sp³-hybridized carbons (Fsp3) is 0.375. The van der Waals surface area contributed by atoms with Crippen LogP contribution in [0.1, 0.15) is 56.2 Å². The summed E-state index contributed by atoms with van der Waals surface area (Å²) < 4.78 is 2.87. The summed E-state index contributed by atoms with van der Waals surface area (Å²) in [5, 5.41) is 10.4. The second-order valence-corrected chi connectivity index (χ2v) is 30.0. The summed E-state index contributed by atoms with van der Waals surface area (Å²) in [7, 11) is 0. The SMILES string of the molecule is Brc1cccs1.CC.CC.CC.Cc1cccs1.Cc1cccs1.Cc1cccs1.[CH3][Sn]([CH3])([CH3])[c]1cccs1. The molecule has 0 radical (unpaired) electrons. The van der Waals surface area contributed by atoms with E-state index in [1.807, 2.05) is 70.4 Å². The zero-order valence-electron chi connectivity index (χ0n) is 26.1. The van der Waals surface area contributed by atoms with Crippen molar-refractivity contribution in [1.29, 1.82) is 0 Å². The maximum atomic E-state index is 3.30. The summed E-state index contributed by atoms with van der Waals surface area (Å²) in [6.07, 6.45) is 0. The molecule has 0 aliphatic carbocycles. The summed E-state index contributed by atoms with van der Waals surface area (Å²) >= 11 is 10.6. The van der Waals surface area contributed by atoms with Gasteiger partial charge in [-0.2, -0.15) is 0 Å². The van der Waals surface area contributed by atoms with Crippen molar-refractivity contribution in [1.82, 2.24) is 0 Å². The molecule has 0 atom stereocenters. The van der Waals surface area contributed by atoms with E-state index in [1.165, 1.54) is 18.4 Å². The van der Waals surface area contributed by atoms with Crippen molar-refractivity contribution in [3.63, 3.8) is 0 Å². The van der Waals surface area contributed by atoms with Gasteiger partial charge in [0, 0.05) is 14.6 Å². The first-order chi connectivity index (χ1) is 18.7. The Morgan fingerprint density at radius 3 is 0.872 bits per heavy atom. The predicted molar refractivity (Wildman–Crippen MR) is 201 cm³/mol. The Morgan fingerprint density at radius 2 is 0.769 bits per heavy atom. The van der Waals surface area contributed by atoms with Gasteiger partial charge in [-0.15, -0.1) is 45.3 Å². The van der Waals surface area contributed by atoms with E-state index >= 15 is 0 Å². The molecule has 0 unspecified atom stereocenters. The van der Waals surface area contributed by atoms with Gasteiger partial charge in [0.05, 0.1) is 3.79 Å². The maximum absolute atomic E-state index is 3.30. The summed E-state index contributed by atoms with van der Waals surface area (Å²) in [6.45, 7) is 18.3. The second kappa shape index (κ2) is 30.7. The van der Waals surface area contributed by atoms with E-state index in [1.54, 1.807) is 48.2 Å². The third kappa shape index (κ3) is 29.1. The number of hydrogen-bond acceptors (Lipinski definition) is 5. The third-order valence-electron chi connectivity index (χ3n) is 3.74. The van der Waals surface area contributed by atoms with Crippen molar-refractivity contribution in [3.05, 3.63) is 106 Å². The molecule has 0 bridgehead atoms. The molecule has 0 saturated heterocycles. The van der Waals surface area contributed by atoms with Gasteiger partial charge >= 0.3 is 64.9 Å². The van der Waals surface area contributed by atoms with E-state index < -0.39 is 18.4 Å². The van der Waals surface area contributed by atoms with Crippen LogP contribution in [0.2, 0.25) is 14.8 Å². The molecule has 220 valence electrons. The molecule has 39 heavy (non-hydrogen) atoms. The van der Waals surface area contributed by atoms with Crippen molar-refractivity contribution in [2.24, 2.45) is 0 Å². The van der Waals surface area contributed by atoms with E-state index in [9.17, 15) is 0 Å². The van der Waals surface area contributed by atoms with Gasteiger partial charge in [-0.3, -0.25) is 0 Å². The van der Waals surface area contributed by atoms with Crippen LogP contribution in [0.15, 0.2) is 91.4 Å². The normalized spacial score (nSPS) is 8.64. The van der Waals surface area contributed by atoms with Gasteiger partial charge in [0.2, 0.25) is 0 Å². The number of aryl methyl sites for hydroxylation is 3. The van der Waals surface area contributed by atoms with Crippen LogP contribution < -0.4 is 2.89 Å². The van der Waals surface area contributed by atoms with Gasteiger partial charge in [0.25, 0.3) is 0 Å². The predicted octanol–water partition coefficient (Wildman–Crippen LogP) is 14.1. The number of halogens is 1. The van der Waals surface area contributed by atoms with Gasteiger partial charge in [0.15, 0.2) is 0 Å². The van der Waals surface area contributed by atoms with Crippen LogP contribution in [0.25, 0.3) is 0 Å². The van der Waals surface area contributed by atoms with Crippen molar-refractivity contribution in [3.8, 4) is 0 Å². The molecule has 0 saturated carbocycles. The van der Waals surface area contributed by atoms with Crippen LogP contribution in [0.3, 0.4) is 0 Å². The van der Waals surface area contributed by atoms with Crippen molar-refractivity contribution < 1.29 is 0 Å². The fourth-order valence-electron chi connectivity index (χ4n) is 2.05. The summed E-state index contributed by atoms with van der Waals surface area (Å²) in [4.78, 5) is 11.5. The molecule has 0 aromatic carbocycles. The van der Waals surface area contributed by atoms with Gasteiger partial charge in [-0.1, -0.05) is 65.8 Å². The number of hydrogen-bond donors (Lipinski definition) is 0. The van der Waals surface area contributed by atoms with Crippen LogP contribution in [-0.2, 0) is 0 Å². The Bertz CT molecular complexity index is 882. The molecule has 0 amide bonds. The average Bonchev–Trinajstić information content (AvgIpc) is 3.77. The quantitative estimate of drug-likeness (QED) is 0.148. The first kappa shape index (κ1) is 43.2. The van der Waals surface area contributed by atoms with Gasteiger partial charge < -0.3 is 0 Å². The van der Waals surface area contributed by atoms with Crippen LogP contribution >= 0.6 is 72.6 Å². The molecule has 5 heterocycles. The van der Waals surface area contributed by atoms with E-state index in [0.717, 1.165) is 0 Å². The molecule has 0 aliphatic rings. The Balaban J connectivity index is -0.000000399. The number of thiophene rings is 5. The molecule has 7 heteroatoms. The minimum absolute atomic E-state index is 1.20. The second-order valence-electron chi connectivity index (χ2n) is 7.82. The molecular weight excluding hydrogens is 743 g/mol. The summed E-state index contributed by atoms with van der Waals surface area (Å²) in [6, 6.07) is 20.9. The molecule has 0 nitrogen and oxygen atoms in total. The molecule has 0 spiro atoms. The zero-order chi connectivity index (χ0) is 30.5. The van der Waals surface area contributed by atoms with E-state index in [-0.39, 0.29) is 0 Å². The van der Waals surface area contributed by atoms with Gasteiger partial charge in [-0.05, 0) is 82.5 Å². The average molecular weight is 795 g/mol. The fourth-order valence-corrected chi connectivity index (χ4v) is 10.7.